The Kier molecular flexibility index (Phi) is 6.67. The van der Waals surface area contributed by atoms with Crippen LogP contribution in [0.25, 0.3) is 0 Å². The van der Waals surface area contributed by atoms with Crippen molar-refractivity contribution >= 4 is 11.8 Å². The van der Waals surface area contributed by atoms with Crippen LogP contribution >= 0.6 is 0 Å². The van der Waals surface area contributed by atoms with Gasteiger partial charge in [0.25, 0.3) is 0 Å². The third-order valence-electron chi connectivity index (χ3n) is 3.03. The lowest BCUT2D eigenvalue weighted by Crippen LogP contribution is -2.49. The van der Waals surface area contributed by atoms with E-state index < -0.39 is 0 Å². The quantitative estimate of drug-likeness (QED) is 0.595. The molecule has 1 aliphatic rings. The third kappa shape index (κ3) is 5.46. The first kappa shape index (κ1) is 14.9. The van der Waals surface area contributed by atoms with Crippen LogP contribution in [0.3, 0.4) is 0 Å². The zero-order chi connectivity index (χ0) is 13.4. The van der Waals surface area contributed by atoms with Gasteiger partial charge in [-0.15, -0.1) is 0 Å². The van der Waals surface area contributed by atoms with Gasteiger partial charge in [0.2, 0.25) is 11.8 Å². The van der Waals surface area contributed by atoms with Crippen LogP contribution < -0.4 is 10.6 Å². The summed E-state index contributed by atoms with van der Waals surface area (Å²) >= 11 is 0. The normalized spacial score (nSPS) is 20.0. The molecule has 6 heteroatoms. The molecule has 0 radical (unpaired) electrons. The highest BCUT2D eigenvalue weighted by Crippen LogP contribution is 2.08. The molecular weight excluding hydrogens is 234 g/mol. The SMILES string of the molecule is COCCCNC(=O)CNC1CCC(=O)N(C)C1. The lowest BCUT2D eigenvalue weighted by atomic mass is 10.1. The number of likely N-dealkylation sites (tertiary alicyclic amines) is 1. The Morgan fingerprint density at radius 1 is 1.56 bits per heavy atom. The second-order valence-electron chi connectivity index (χ2n) is 4.59. The molecule has 18 heavy (non-hydrogen) atoms. The minimum absolute atomic E-state index is 0.00865. The second kappa shape index (κ2) is 8.05. The number of ether oxygens (including phenoxy) is 1. The largest absolute Gasteiger partial charge is 0.385 e. The Hall–Kier alpha value is -1.14. The van der Waals surface area contributed by atoms with Gasteiger partial charge >= 0.3 is 0 Å². The monoisotopic (exact) mass is 257 g/mol. The highest BCUT2D eigenvalue weighted by atomic mass is 16.5. The fourth-order valence-electron chi connectivity index (χ4n) is 1.92. The van der Waals surface area contributed by atoms with Crippen LogP contribution in [0.15, 0.2) is 0 Å². The maximum atomic E-state index is 11.5. The number of amides is 2. The van der Waals surface area contributed by atoms with Crippen molar-refractivity contribution in [2.24, 2.45) is 0 Å². The Labute approximate surface area is 108 Å². The van der Waals surface area contributed by atoms with E-state index in [-0.39, 0.29) is 17.9 Å². The van der Waals surface area contributed by atoms with Crippen molar-refractivity contribution in [3.8, 4) is 0 Å². The topological polar surface area (TPSA) is 70.7 Å². The van der Waals surface area contributed by atoms with Crippen molar-refractivity contribution < 1.29 is 14.3 Å². The van der Waals surface area contributed by atoms with E-state index in [2.05, 4.69) is 10.6 Å². The molecule has 2 amide bonds. The molecule has 1 aliphatic heterocycles. The zero-order valence-corrected chi connectivity index (χ0v) is 11.2. The Balaban J connectivity index is 2.09. The van der Waals surface area contributed by atoms with Crippen LogP contribution in [-0.4, -0.2) is 63.2 Å². The molecule has 1 atom stereocenters. The van der Waals surface area contributed by atoms with Crippen LogP contribution in [-0.2, 0) is 14.3 Å². The van der Waals surface area contributed by atoms with Gasteiger partial charge < -0.3 is 20.3 Å². The molecule has 0 aromatic carbocycles. The highest BCUT2D eigenvalue weighted by molar-refractivity contribution is 5.78. The van der Waals surface area contributed by atoms with Gasteiger partial charge in [-0.3, -0.25) is 9.59 Å². The molecule has 1 heterocycles. The molecule has 104 valence electrons. The van der Waals surface area contributed by atoms with E-state index >= 15 is 0 Å². The number of piperidine rings is 1. The van der Waals surface area contributed by atoms with Crippen molar-refractivity contribution in [2.45, 2.75) is 25.3 Å². The Morgan fingerprint density at radius 3 is 3.00 bits per heavy atom. The van der Waals surface area contributed by atoms with Crippen LogP contribution in [0.5, 0.6) is 0 Å². The molecule has 1 saturated heterocycles. The van der Waals surface area contributed by atoms with E-state index in [0.717, 1.165) is 12.8 Å². The van der Waals surface area contributed by atoms with Gasteiger partial charge in [-0.1, -0.05) is 0 Å². The first-order chi connectivity index (χ1) is 8.63. The predicted molar refractivity (Wildman–Crippen MR) is 68.2 cm³/mol. The number of carbonyl (C=O) groups is 2. The molecule has 1 rings (SSSR count). The van der Waals surface area contributed by atoms with Gasteiger partial charge in [-0.05, 0) is 12.8 Å². The van der Waals surface area contributed by atoms with Crippen LogP contribution in [0, 0.1) is 0 Å². The number of hydrogen-bond donors (Lipinski definition) is 2. The van der Waals surface area contributed by atoms with E-state index in [1.54, 1.807) is 19.1 Å². The number of carbonyl (C=O) groups excluding carboxylic acids is 2. The summed E-state index contributed by atoms with van der Waals surface area (Å²) < 4.78 is 4.90. The molecule has 0 saturated carbocycles. The Morgan fingerprint density at radius 2 is 2.33 bits per heavy atom. The summed E-state index contributed by atoms with van der Waals surface area (Å²) in [7, 11) is 3.44. The molecule has 0 bridgehead atoms. The van der Waals surface area contributed by atoms with Gasteiger partial charge in [0.05, 0.1) is 6.54 Å². The van der Waals surface area contributed by atoms with Gasteiger partial charge in [-0.25, -0.2) is 0 Å². The molecule has 0 aromatic heterocycles. The van der Waals surface area contributed by atoms with Crippen LogP contribution in [0.1, 0.15) is 19.3 Å². The predicted octanol–water partition coefficient (Wildman–Crippen LogP) is -0.650. The van der Waals surface area contributed by atoms with Gasteiger partial charge in [-0.2, -0.15) is 0 Å². The number of nitrogens with zero attached hydrogens (tertiary/aromatic N) is 1. The third-order valence-corrected chi connectivity index (χ3v) is 3.03. The van der Waals surface area contributed by atoms with Gasteiger partial charge in [0.1, 0.15) is 0 Å². The first-order valence-corrected chi connectivity index (χ1v) is 6.36. The van der Waals surface area contributed by atoms with E-state index in [9.17, 15) is 9.59 Å². The Bertz CT molecular complexity index is 284. The number of methoxy groups -OCH3 is 1. The zero-order valence-electron chi connectivity index (χ0n) is 11.2. The maximum absolute atomic E-state index is 11.5. The molecule has 0 aliphatic carbocycles. The minimum atomic E-state index is -0.00865. The lowest BCUT2D eigenvalue weighted by Gasteiger charge is -2.30. The maximum Gasteiger partial charge on any atom is 0.233 e. The summed E-state index contributed by atoms with van der Waals surface area (Å²) in [4.78, 5) is 24.5. The number of nitrogens with one attached hydrogen (secondary N) is 2. The second-order valence-corrected chi connectivity index (χ2v) is 4.59. The average Bonchev–Trinajstić information content (AvgIpc) is 2.36. The fraction of sp³-hybridized carbons (Fsp3) is 0.833. The van der Waals surface area contributed by atoms with Crippen molar-refractivity contribution in [3.63, 3.8) is 0 Å². The summed E-state index contributed by atoms with van der Waals surface area (Å²) in [6.45, 7) is 2.27. The van der Waals surface area contributed by atoms with Gasteiger partial charge in [0.15, 0.2) is 0 Å². The minimum Gasteiger partial charge on any atom is -0.385 e. The summed E-state index contributed by atoms with van der Waals surface area (Å²) in [6.07, 6.45) is 2.19. The van der Waals surface area contributed by atoms with Crippen LogP contribution in [0.2, 0.25) is 0 Å². The highest BCUT2D eigenvalue weighted by Gasteiger charge is 2.22. The fourth-order valence-corrected chi connectivity index (χ4v) is 1.92. The molecule has 0 aromatic rings. The van der Waals surface area contributed by atoms with E-state index in [0.29, 0.717) is 32.7 Å². The molecule has 1 fully saturated rings. The number of hydrogen-bond acceptors (Lipinski definition) is 4. The van der Waals surface area contributed by atoms with E-state index in [4.69, 9.17) is 4.74 Å². The standard InChI is InChI=1S/C12H23N3O3/c1-15-9-10(4-5-12(15)17)14-8-11(16)13-6-3-7-18-2/h10,14H,3-9H2,1-2H3,(H,13,16). The molecule has 1 unspecified atom stereocenters. The van der Waals surface area contributed by atoms with Crippen molar-refractivity contribution in [1.29, 1.82) is 0 Å². The summed E-state index contributed by atoms with van der Waals surface area (Å²) in [6, 6.07) is 0.220. The summed E-state index contributed by atoms with van der Waals surface area (Å²) in [5, 5.41) is 5.99. The molecular formula is C12H23N3O3. The lowest BCUT2D eigenvalue weighted by molar-refractivity contribution is -0.132. The van der Waals surface area contributed by atoms with Crippen molar-refractivity contribution in [3.05, 3.63) is 0 Å². The van der Waals surface area contributed by atoms with Gasteiger partial charge in [0, 0.05) is 46.3 Å². The van der Waals surface area contributed by atoms with E-state index in [1.807, 2.05) is 0 Å². The number of likely N-dealkylation sites (N-methyl/N-ethyl adjacent to an activating group) is 1. The molecule has 0 spiro atoms. The van der Waals surface area contributed by atoms with Crippen molar-refractivity contribution in [1.82, 2.24) is 15.5 Å². The first-order valence-electron chi connectivity index (χ1n) is 6.36. The summed E-state index contributed by atoms with van der Waals surface area (Å²) in [5.41, 5.74) is 0. The van der Waals surface area contributed by atoms with Crippen molar-refractivity contribution in [2.75, 3.05) is 40.4 Å². The molecule has 6 nitrogen and oxygen atoms in total. The average molecular weight is 257 g/mol. The van der Waals surface area contributed by atoms with Crippen LogP contribution in [0.4, 0.5) is 0 Å². The smallest absolute Gasteiger partial charge is 0.233 e. The summed E-state index contributed by atoms with van der Waals surface area (Å²) in [5.74, 6) is 0.169. The molecule has 2 N–H and O–H groups in total. The van der Waals surface area contributed by atoms with E-state index in [1.165, 1.54) is 0 Å². The number of rotatable bonds is 7.